The normalized spacial score (nSPS) is 13.9. The van der Waals surface area contributed by atoms with Gasteiger partial charge in [0.1, 0.15) is 11.5 Å². The Balaban J connectivity index is 2.45. The van der Waals surface area contributed by atoms with E-state index in [9.17, 15) is 0 Å². The number of nitrogens with zero attached hydrogens (tertiary/aromatic N) is 3. The van der Waals surface area contributed by atoms with E-state index in [1.54, 1.807) is 26.4 Å². The van der Waals surface area contributed by atoms with Gasteiger partial charge in [0.15, 0.2) is 5.84 Å². The molecular weight excluding hydrogens is 226 g/mol. The molecule has 0 aliphatic carbocycles. The third-order valence-electron chi connectivity index (χ3n) is 2.08. The highest BCUT2D eigenvalue weighted by Crippen LogP contribution is 2.26. The van der Waals surface area contributed by atoms with Crippen LogP contribution in [0.25, 0.3) is 0 Å². The number of hydrogen-bond donors (Lipinski definition) is 0. The Morgan fingerprint density at radius 2 is 1.94 bits per heavy atom. The van der Waals surface area contributed by atoms with Crippen LogP contribution in [0.3, 0.4) is 0 Å². The average molecular weight is 235 g/mol. The van der Waals surface area contributed by atoms with Crippen molar-refractivity contribution >= 4 is 23.2 Å². The summed E-state index contributed by atoms with van der Waals surface area (Å²) in [6.45, 7) is 0. The number of amidine groups is 1. The Labute approximate surface area is 97.8 Å². The zero-order chi connectivity index (χ0) is 11.5. The lowest BCUT2D eigenvalue weighted by Gasteiger charge is -2.07. The molecule has 0 radical (unpaired) electrons. The van der Waals surface area contributed by atoms with Crippen molar-refractivity contribution in [3.63, 3.8) is 0 Å². The van der Waals surface area contributed by atoms with E-state index in [2.05, 4.69) is 15.2 Å². The maximum Gasteiger partial charge on any atom is 0.242 e. The number of hydrogen-bond acceptors (Lipinski definition) is 4. The molecule has 82 valence electrons. The fourth-order valence-electron chi connectivity index (χ4n) is 1.32. The number of thiocarbonyl (C=S) groups is 1. The molecule has 6 heteroatoms. The first-order valence-corrected chi connectivity index (χ1v) is 4.92. The molecule has 0 amide bonds. The average Bonchev–Trinajstić information content (AvgIpc) is 2.74. The molecule has 2 rings (SSSR count). The first kappa shape index (κ1) is 10.7. The Morgan fingerprint density at radius 1 is 1.12 bits per heavy atom. The van der Waals surface area contributed by atoms with Gasteiger partial charge in [-0.25, -0.2) is 0 Å². The quantitative estimate of drug-likeness (QED) is 0.755. The van der Waals surface area contributed by atoms with Crippen molar-refractivity contribution in [1.29, 1.82) is 0 Å². The van der Waals surface area contributed by atoms with E-state index in [1.807, 2.05) is 6.07 Å². The van der Waals surface area contributed by atoms with Crippen LogP contribution >= 0.6 is 12.2 Å². The van der Waals surface area contributed by atoms with Crippen molar-refractivity contribution in [3.05, 3.63) is 23.8 Å². The second-order valence-electron chi connectivity index (χ2n) is 2.98. The molecular formula is C10H9N3O2S. The zero-order valence-electron chi connectivity index (χ0n) is 8.80. The summed E-state index contributed by atoms with van der Waals surface area (Å²) in [7, 11) is 3.17. The minimum Gasteiger partial charge on any atom is -0.497 e. The van der Waals surface area contributed by atoms with Gasteiger partial charge >= 0.3 is 0 Å². The summed E-state index contributed by atoms with van der Waals surface area (Å²) in [6, 6.07) is 5.37. The van der Waals surface area contributed by atoms with E-state index in [1.165, 1.54) is 0 Å². The van der Waals surface area contributed by atoms with Gasteiger partial charge in [-0.3, -0.25) is 0 Å². The van der Waals surface area contributed by atoms with Crippen LogP contribution in [0.4, 0.5) is 0 Å². The van der Waals surface area contributed by atoms with Gasteiger partial charge in [0.25, 0.3) is 0 Å². The summed E-state index contributed by atoms with van der Waals surface area (Å²) < 4.78 is 10.3. The van der Waals surface area contributed by atoms with Gasteiger partial charge in [-0.2, -0.15) is 4.99 Å². The summed E-state index contributed by atoms with van der Waals surface area (Å²) in [5.41, 5.74) is 0.743. The molecule has 1 heterocycles. The maximum absolute atomic E-state index is 5.23. The first-order chi connectivity index (χ1) is 7.74. The second-order valence-corrected chi connectivity index (χ2v) is 3.35. The molecule has 0 saturated heterocycles. The minimum atomic E-state index is 0.230. The zero-order valence-corrected chi connectivity index (χ0v) is 9.61. The summed E-state index contributed by atoms with van der Waals surface area (Å²) >= 11 is 4.81. The van der Waals surface area contributed by atoms with E-state index in [-0.39, 0.29) is 5.11 Å². The molecule has 0 atom stereocenters. The molecule has 5 nitrogen and oxygen atoms in total. The van der Waals surface area contributed by atoms with E-state index in [4.69, 9.17) is 21.7 Å². The number of ether oxygens (including phenoxy) is 2. The number of benzene rings is 1. The van der Waals surface area contributed by atoms with Gasteiger partial charge in [-0.15, -0.1) is 10.2 Å². The Kier molecular flexibility index (Phi) is 2.91. The Hall–Kier alpha value is -1.82. The van der Waals surface area contributed by atoms with Crippen molar-refractivity contribution in [1.82, 2.24) is 0 Å². The van der Waals surface area contributed by atoms with Crippen molar-refractivity contribution < 1.29 is 9.47 Å². The standard InChI is InChI=1S/C10H9N3O2S/c1-14-6-3-4-7(8(5-6)15-2)9-11-10(16)13-12-9/h3-5H,1-2H3. The highest BCUT2D eigenvalue weighted by Gasteiger charge is 2.15. The smallest absolute Gasteiger partial charge is 0.242 e. The second kappa shape index (κ2) is 4.36. The summed E-state index contributed by atoms with van der Waals surface area (Å²) in [4.78, 5) is 4.02. The van der Waals surface area contributed by atoms with Crippen LogP contribution in [0.2, 0.25) is 0 Å². The summed E-state index contributed by atoms with van der Waals surface area (Å²) in [5.74, 6) is 1.80. The van der Waals surface area contributed by atoms with E-state index in [0.29, 0.717) is 17.3 Å². The Bertz CT molecular complexity index is 497. The largest absolute Gasteiger partial charge is 0.497 e. The fourth-order valence-corrected chi connectivity index (χ4v) is 1.45. The third kappa shape index (κ3) is 1.92. The van der Waals surface area contributed by atoms with Crippen molar-refractivity contribution in [3.8, 4) is 11.5 Å². The highest BCUT2D eigenvalue weighted by atomic mass is 32.1. The molecule has 0 bridgehead atoms. The molecule has 1 aliphatic heterocycles. The molecule has 1 aromatic rings. The van der Waals surface area contributed by atoms with Gasteiger partial charge in [0.05, 0.1) is 19.8 Å². The lowest BCUT2D eigenvalue weighted by molar-refractivity contribution is 0.394. The molecule has 0 N–H and O–H groups in total. The SMILES string of the molecule is COc1ccc(C2=NC(=S)N=N2)c(OC)c1. The van der Waals surface area contributed by atoms with E-state index < -0.39 is 0 Å². The molecule has 0 fully saturated rings. The van der Waals surface area contributed by atoms with Crippen molar-refractivity contribution in [2.75, 3.05) is 14.2 Å². The summed E-state index contributed by atoms with van der Waals surface area (Å²) in [6.07, 6.45) is 0. The molecule has 0 unspecified atom stereocenters. The fraction of sp³-hybridized carbons (Fsp3) is 0.200. The first-order valence-electron chi connectivity index (χ1n) is 4.51. The van der Waals surface area contributed by atoms with Crippen molar-refractivity contribution in [2.45, 2.75) is 0 Å². The number of methoxy groups -OCH3 is 2. The van der Waals surface area contributed by atoms with Gasteiger partial charge in [-0.1, -0.05) is 0 Å². The third-order valence-corrected chi connectivity index (χ3v) is 2.25. The number of aliphatic imine (C=N–C) groups is 1. The predicted molar refractivity (Wildman–Crippen MR) is 63.5 cm³/mol. The number of azo groups is 1. The molecule has 0 aromatic heterocycles. The van der Waals surface area contributed by atoms with Gasteiger partial charge < -0.3 is 9.47 Å². The molecule has 1 aliphatic rings. The van der Waals surface area contributed by atoms with E-state index in [0.717, 1.165) is 5.56 Å². The van der Waals surface area contributed by atoms with Gasteiger partial charge in [0.2, 0.25) is 5.11 Å². The number of rotatable bonds is 3. The van der Waals surface area contributed by atoms with Crippen LogP contribution in [0.15, 0.2) is 33.4 Å². The molecule has 16 heavy (non-hydrogen) atoms. The van der Waals surface area contributed by atoms with Crippen LogP contribution < -0.4 is 9.47 Å². The van der Waals surface area contributed by atoms with Gasteiger partial charge in [0, 0.05) is 6.07 Å². The minimum absolute atomic E-state index is 0.230. The Morgan fingerprint density at radius 3 is 2.50 bits per heavy atom. The van der Waals surface area contributed by atoms with Crippen LogP contribution in [0, 0.1) is 0 Å². The molecule has 0 saturated carbocycles. The van der Waals surface area contributed by atoms with Crippen molar-refractivity contribution in [2.24, 2.45) is 15.2 Å². The van der Waals surface area contributed by atoms with Crippen LogP contribution in [-0.4, -0.2) is 25.2 Å². The molecule has 0 spiro atoms. The monoisotopic (exact) mass is 235 g/mol. The maximum atomic E-state index is 5.23. The highest BCUT2D eigenvalue weighted by molar-refractivity contribution is 7.80. The lowest BCUT2D eigenvalue weighted by Crippen LogP contribution is -1.99. The summed E-state index contributed by atoms with van der Waals surface area (Å²) in [5, 5.41) is 7.77. The predicted octanol–water partition coefficient (Wildman–Crippen LogP) is 2.20. The van der Waals surface area contributed by atoms with E-state index >= 15 is 0 Å². The van der Waals surface area contributed by atoms with Crippen LogP contribution in [0.5, 0.6) is 11.5 Å². The molecule has 1 aromatic carbocycles. The lowest BCUT2D eigenvalue weighted by atomic mass is 10.1. The van der Waals surface area contributed by atoms with Crippen LogP contribution in [0.1, 0.15) is 5.56 Å². The van der Waals surface area contributed by atoms with Crippen LogP contribution in [-0.2, 0) is 0 Å². The topological polar surface area (TPSA) is 55.5 Å². The van der Waals surface area contributed by atoms with Gasteiger partial charge in [-0.05, 0) is 24.4 Å².